The van der Waals surface area contributed by atoms with E-state index >= 15 is 0 Å². The number of hydrogen-bond donors (Lipinski definition) is 0. The number of rotatable bonds is 3. The Morgan fingerprint density at radius 2 is 1.79 bits per heavy atom. The largest absolute Gasteiger partial charge is 0.341 e. The van der Waals surface area contributed by atoms with Crippen molar-refractivity contribution in [3.05, 3.63) is 53.5 Å². The van der Waals surface area contributed by atoms with Gasteiger partial charge in [0.2, 0.25) is 5.95 Å². The van der Waals surface area contributed by atoms with Gasteiger partial charge in [-0.15, -0.1) is 0 Å². The van der Waals surface area contributed by atoms with Gasteiger partial charge in [-0.2, -0.15) is 14.6 Å². The first kappa shape index (κ1) is 14.8. The third-order valence-electron chi connectivity index (χ3n) is 4.38. The van der Waals surface area contributed by atoms with E-state index in [1.807, 2.05) is 37.3 Å². The summed E-state index contributed by atoms with van der Waals surface area (Å²) < 4.78 is 1.70. The average Bonchev–Trinajstić information content (AvgIpc) is 3.05. The minimum atomic E-state index is -0.0618. The first-order chi connectivity index (χ1) is 11.7. The molecule has 1 aliphatic heterocycles. The lowest BCUT2D eigenvalue weighted by molar-refractivity contribution is 0.104. The van der Waals surface area contributed by atoms with Gasteiger partial charge in [0.1, 0.15) is 5.82 Å². The van der Waals surface area contributed by atoms with Crippen molar-refractivity contribution in [3.8, 4) is 0 Å². The molecule has 0 N–H and O–H groups in total. The molecule has 0 aliphatic carbocycles. The molecular formula is C18H19N5O. The van der Waals surface area contributed by atoms with Crippen LogP contribution in [0.4, 0.5) is 5.95 Å². The van der Waals surface area contributed by atoms with Crippen LogP contribution in [0.5, 0.6) is 0 Å². The monoisotopic (exact) mass is 321 g/mol. The molecule has 0 radical (unpaired) electrons. The number of aryl methyl sites for hydroxylation is 1. The van der Waals surface area contributed by atoms with E-state index < -0.39 is 0 Å². The van der Waals surface area contributed by atoms with E-state index in [9.17, 15) is 4.79 Å². The first-order valence-electron chi connectivity index (χ1n) is 8.31. The molecule has 0 amide bonds. The molecule has 24 heavy (non-hydrogen) atoms. The third kappa shape index (κ3) is 2.54. The van der Waals surface area contributed by atoms with Crippen molar-refractivity contribution in [3.63, 3.8) is 0 Å². The van der Waals surface area contributed by atoms with Crippen molar-refractivity contribution in [1.29, 1.82) is 0 Å². The molecular weight excluding hydrogens is 302 g/mol. The molecule has 122 valence electrons. The second kappa shape index (κ2) is 6.03. The number of carbonyl (C=O) groups excluding carboxylic acids is 1. The smallest absolute Gasteiger partial charge is 0.230 e. The number of carbonyl (C=O) groups is 1. The SMILES string of the molecule is Cc1nc(N2CCCCC2)n2ncc(C(=O)c3ccccc3)c2n1. The maximum Gasteiger partial charge on any atom is 0.230 e. The van der Waals surface area contributed by atoms with Gasteiger partial charge in [-0.1, -0.05) is 30.3 Å². The summed E-state index contributed by atoms with van der Waals surface area (Å²) in [6.07, 6.45) is 5.16. The molecule has 1 aliphatic rings. The van der Waals surface area contributed by atoms with Gasteiger partial charge in [0.05, 0.1) is 11.8 Å². The van der Waals surface area contributed by atoms with E-state index in [-0.39, 0.29) is 5.78 Å². The number of nitrogens with zero attached hydrogens (tertiary/aromatic N) is 5. The Bertz CT molecular complexity index is 881. The van der Waals surface area contributed by atoms with Crippen LogP contribution in [0.15, 0.2) is 36.5 Å². The van der Waals surface area contributed by atoms with E-state index in [0.29, 0.717) is 22.6 Å². The van der Waals surface area contributed by atoms with E-state index in [1.54, 1.807) is 10.7 Å². The predicted molar refractivity (Wildman–Crippen MR) is 91.5 cm³/mol. The zero-order valence-electron chi connectivity index (χ0n) is 13.6. The minimum Gasteiger partial charge on any atom is -0.341 e. The Kier molecular flexibility index (Phi) is 3.72. The van der Waals surface area contributed by atoms with Crippen molar-refractivity contribution >= 4 is 17.4 Å². The van der Waals surface area contributed by atoms with Crippen LogP contribution in [0.25, 0.3) is 5.65 Å². The summed E-state index contributed by atoms with van der Waals surface area (Å²) >= 11 is 0. The summed E-state index contributed by atoms with van der Waals surface area (Å²) in [6, 6.07) is 9.24. The van der Waals surface area contributed by atoms with Gasteiger partial charge in [-0.3, -0.25) is 4.79 Å². The minimum absolute atomic E-state index is 0.0618. The summed E-state index contributed by atoms with van der Waals surface area (Å²) in [7, 11) is 0. The molecule has 1 aromatic carbocycles. The van der Waals surface area contributed by atoms with E-state index in [1.165, 1.54) is 6.42 Å². The van der Waals surface area contributed by atoms with Crippen LogP contribution >= 0.6 is 0 Å². The number of fused-ring (bicyclic) bond motifs is 1. The lowest BCUT2D eigenvalue weighted by Gasteiger charge is -2.27. The van der Waals surface area contributed by atoms with Crippen LogP contribution < -0.4 is 4.90 Å². The summed E-state index contributed by atoms with van der Waals surface area (Å²) in [5.41, 5.74) is 1.74. The number of ketones is 1. The highest BCUT2D eigenvalue weighted by atomic mass is 16.1. The molecule has 6 heteroatoms. The average molecular weight is 321 g/mol. The molecule has 6 nitrogen and oxygen atoms in total. The van der Waals surface area contributed by atoms with Gasteiger partial charge in [-0.25, -0.2) is 4.98 Å². The number of piperidine rings is 1. The molecule has 1 saturated heterocycles. The second-order valence-corrected chi connectivity index (χ2v) is 6.11. The highest BCUT2D eigenvalue weighted by Gasteiger charge is 2.22. The summed E-state index contributed by atoms with van der Waals surface area (Å²) in [5.74, 6) is 1.38. The summed E-state index contributed by atoms with van der Waals surface area (Å²) in [6.45, 7) is 3.79. The van der Waals surface area contributed by atoms with Crippen molar-refractivity contribution in [1.82, 2.24) is 19.6 Å². The second-order valence-electron chi connectivity index (χ2n) is 6.11. The fraction of sp³-hybridized carbons (Fsp3) is 0.333. The van der Waals surface area contributed by atoms with Crippen molar-refractivity contribution in [2.75, 3.05) is 18.0 Å². The number of hydrogen-bond acceptors (Lipinski definition) is 5. The zero-order valence-corrected chi connectivity index (χ0v) is 13.6. The molecule has 0 unspecified atom stereocenters. The molecule has 0 spiro atoms. The highest BCUT2D eigenvalue weighted by Crippen LogP contribution is 2.21. The van der Waals surface area contributed by atoms with Gasteiger partial charge in [0, 0.05) is 18.7 Å². The van der Waals surface area contributed by atoms with Gasteiger partial charge < -0.3 is 4.90 Å². The van der Waals surface area contributed by atoms with Crippen LogP contribution in [0, 0.1) is 6.92 Å². The molecule has 2 aromatic heterocycles. The van der Waals surface area contributed by atoms with E-state index in [0.717, 1.165) is 31.9 Å². The van der Waals surface area contributed by atoms with Crippen molar-refractivity contribution < 1.29 is 4.79 Å². The summed E-state index contributed by atoms with van der Waals surface area (Å²) in [4.78, 5) is 24.1. The fourth-order valence-corrected chi connectivity index (χ4v) is 3.17. The molecule has 3 aromatic rings. The number of anilines is 1. The van der Waals surface area contributed by atoms with Crippen LogP contribution in [-0.4, -0.2) is 38.5 Å². The Morgan fingerprint density at radius 1 is 1.04 bits per heavy atom. The van der Waals surface area contributed by atoms with E-state index in [4.69, 9.17) is 0 Å². The van der Waals surface area contributed by atoms with Gasteiger partial charge in [0.15, 0.2) is 11.4 Å². The molecule has 1 fully saturated rings. The van der Waals surface area contributed by atoms with Crippen LogP contribution in [0.3, 0.4) is 0 Å². The third-order valence-corrected chi connectivity index (χ3v) is 4.38. The Hall–Kier alpha value is -2.76. The van der Waals surface area contributed by atoms with E-state index in [2.05, 4.69) is 20.0 Å². The maximum atomic E-state index is 12.8. The molecule has 0 bridgehead atoms. The number of aromatic nitrogens is 4. The predicted octanol–water partition coefficient (Wildman–Crippen LogP) is 2.65. The standard InChI is InChI=1S/C18H19N5O/c1-13-20-17-15(16(24)14-8-4-2-5-9-14)12-19-23(17)18(21-13)22-10-6-3-7-11-22/h2,4-5,8-9,12H,3,6-7,10-11H2,1H3. The maximum absolute atomic E-state index is 12.8. The fourth-order valence-electron chi connectivity index (χ4n) is 3.17. The first-order valence-corrected chi connectivity index (χ1v) is 8.31. The Morgan fingerprint density at radius 3 is 2.54 bits per heavy atom. The van der Waals surface area contributed by atoms with Crippen LogP contribution in [0.2, 0.25) is 0 Å². The molecule has 0 atom stereocenters. The quantitative estimate of drug-likeness (QED) is 0.694. The zero-order chi connectivity index (χ0) is 16.5. The van der Waals surface area contributed by atoms with Crippen molar-refractivity contribution in [2.24, 2.45) is 0 Å². The molecule has 4 rings (SSSR count). The normalized spacial score (nSPS) is 15.0. The van der Waals surface area contributed by atoms with Crippen molar-refractivity contribution in [2.45, 2.75) is 26.2 Å². The lowest BCUT2D eigenvalue weighted by atomic mass is 10.1. The van der Waals surface area contributed by atoms with Gasteiger partial charge in [0.25, 0.3) is 0 Å². The molecule has 0 saturated carbocycles. The summed E-state index contributed by atoms with van der Waals surface area (Å²) in [5, 5.41) is 4.41. The Balaban J connectivity index is 1.82. The van der Waals surface area contributed by atoms with Crippen LogP contribution in [0.1, 0.15) is 41.0 Å². The molecule has 3 heterocycles. The number of benzene rings is 1. The van der Waals surface area contributed by atoms with Crippen LogP contribution in [-0.2, 0) is 0 Å². The lowest BCUT2D eigenvalue weighted by Crippen LogP contribution is -2.32. The van der Waals surface area contributed by atoms with Gasteiger partial charge >= 0.3 is 0 Å². The Labute approximate surface area is 140 Å². The highest BCUT2D eigenvalue weighted by molar-refractivity contribution is 6.12. The van der Waals surface area contributed by atoms with Gasteiger partial charge in [-0.05, 0) is 26.2 Å². The topological polar surface area (TPSA) is 63.4 Å².